The summed E-state index contributed by atoms with van der Waals surface area (Å²) in [6, 6.07) is 2.69. The van der Waals surface area contributed by atoms with Crippen molar-refractivity contribution in [2.45, 2.75) is 31.3 Å². The van der Waals surface area contributed by atoms with E-state index in [0.717, 1.165) is 25.9 Å². The van der Waals surface area contributed by atoms with E-state index in [0.29, 0.717) is 18.5 Å². The number of likely N-dealkylation sites (N-methyl/N-ethyl adjacent to an activating group) is 1. The molecule has 1 heterocycles. The van der Waals surface area contributed by atoms with Crippen LogP contribution in [0.4, 0.5) is 0 Å². The van der Waals surface area contributed by atoms with Gasteiger partial charge in [-0.05, 0) is 32.7 Å². The molecule has 0 aromatic heterocycles. The molecule has 2 rings (SSSR count). The first-order valence-corrected chi connectivity index (χ1v) is 6.18. The maximum absolute atomic E-state index is 11.9. The third kappa shape index (κ3) is 2.76. The molecule has 17 heavy (non-hydrogen) atoms. The van der Waals surface area contributed by atoms with Crippen LogP contribution < -0.4 is 10.6 Å². The van der Waals surface area contributed by atoms with E-state index in [-0.39, 0.29) is 5.91 Å². The van der Waals surface area contributed by atoms with Crippen molar-refractivity contribution in [1.82, 2.24) is 15.5 Å². The minimum Gasteiger partial charge on any atom is -0.337 e. The molecule has 2 aliphatic rings. The minimum absolute atomic E-state index is 0.0460. The van der Waals surface area contributed by atoms with Crippen LogP contribution in [-0.4, -0.2) is 49.1 Å². The summed E-state index contributed by atoms with van der Waals surface area (Å²) in [5.74, 6) is 0.294. The molecule has 1 atom stereocenters. The number of nitriles is 1. The number of nitrogens with one attached hydrogen (secondary N) is 2. The summed E-state index contributed by atoms with van der Waals surface area (Å²) in [5.41, 5.74) is -0.671. The molecule has 2 fully saturated rings. The fraction of sp³-hybridized carbons (Fsp3) is 0.833. The molecule has 94 valence electrons. The third-order valence-corrected chi connectivity index (χ3v) is 3.80. The molecule has 5 heteroatoms. The first-order chi connectivity index (χ1) is 8.05. The summed E-state index contributed by atoms with van der Waals surface area (Å²) in [5, 5.41) is 15.2. The van der Waals surface area contributed by atoms with Gasteiger partial charge in [-0.15, -0.1) is 0 Å². The highest BCUT2D eigenvalue weighted by atomic mass is 16.2. The van der Waals surface area contributed by atoms with Crippen LogP contribution in [0.2, 0.25) is 0 Å². The van der Waals surface area contributed by atoms with Gasteiger partial charge in [0.15, 0.2) is 0 Å². The molecule has 0 aromatic carbocycles. The number of carbonyl (C=O) groups excluding carboxylic acids is 1. The lowest BCUT2D eigenvalue weighted by Crippen LogP contribution is -2.58. The van der Waals surface area contributed by atoms with Crippen LogP contribution >= 0.6 is 0 Å². The molecule has 0 spiro atoms. The first-order valence-electron chi connectivity index (χ1n) is 6.18. The van der Waals surface area contributed by atoms with E-state index in [2.05, 4.69) is 16.7 Å². The molecule has 0 radical (unpaired) electrons. The van der Waals surface area contributed by atoms with Crippen LogP contribution in [0.1, 0.15) is 19.8 Å². The Labute approximate surface area is 102 Å². The maximum Gasteiger partial charge on any atom is 0.235 e. The Balaban J connectivity index is 1.81. The molecule has 1 aliphatic carbocycles. The van der Waals surface area contributed by atoms with Gasteiger partial charge in [-0.2, -0.15) is 5.26 Å². The van der Waals surface area contributed by atoms with Crippen LogP contribution in [0.3, 0.4) is 0 Å². The topological polar surface area (TPSA) is 68.2 Å². The number of rotatable bonds is 5. The van der Waals surface area contributed by atoms with Crippen LogP contribution in [-0.2, 0) is 4.79 Å². The highest BCUT2D eigenvalue weighted by molar-refractivity contribution is 5.79. The number of hydrogen-bond donors (Lipinski definition) is 2. The number of nitrogens with zero attached hydrogens (tertiary/aromatic N) is 2. The van der Waals surface area contributed by atoms with Gasteiger partial charge in [-0.1, -0.05) is 0 Å². The smallest absolute Gasteiger partial charge is 0.235 e. The Kier molecular flexibility index (Phi) is 3.36. The predicted molar refractivity (Wildman–Crippen MR) is 64.2 cm³/mol. The number of amides is 1. The van der Waals surface area contributed by atoms with E-state index in [1.807, 2.05) is 18.9 Å². The summed E-state index contributed by atoms with van der Waals surface area (Å²) in [6.07, 6.45) is 2.10. The fourth-order valence-corrected chi connectivity index (χ4v) is 2.15. The predicted octanol–water partition coefficient (Wildman–Crippen LogP) is -0.302. The van der Waals surface area contributed by atoms with Gasteiger partial charge in [0.1, 0.15) is 5.54 Å². The molecule has 1 saturated heterocycles. The van der Waals surface area contributed by atoms with Crippen molar-refractivity contribution in [3.8, 4) is 6.07 Å². The lowest BCUT2D eigenvalue weighted by atomic mass is 9.98. The summed E-state index contributed by atoms with van der Waals surface area (Å²) in [7, 11) is 1.95. The van der Waals surface area contributed by atoms with Crippen LogP contribution in [0, 0.1) is 17.2 Å². The largest absolute Gasteiger partial charge is 0.337 e. The molecule has 5 nitrogen and oxygen atoms in total. The van der Waals surface area contributed by atoms with Crippen LogP contribution in [0.25, 0.3) is 0 Å². The molecule has 1 amide bonds. The van der Waals surface area contributed by atoms with Gasteiger partial charge in [0.2, 0.25) is 5.91 Å². The Morgan fingerprint density at radius 1 is 1.59 bits per heavy atom. The first kappa shape index (κ1) is 12.3. The monoisotopic (exact) mass is 236 g/mol. The van der Waals surface area contributed by atoms with Crippen molar-refractivity contribution < 1.29 is 4.79 Å². The molecular weight excluding hydrogens is 216 g/mol. The molecule has 0 bridgehead atoms. The van der Waals surface area contributed by atoms with Crippen LogP contribution in [0.5, 0.6) is 0 Å². The van der Waals surface area contributed by atoms with Crippen molar-refractivity contribution in [1.29, 1.82) is 5.26 Å². The summed E-state index contributed by atoms with van der Waals surface area (Å²) < 4.78 is 0. The average molecular weight is 236 g/mol. The standard InChI is InChI=1S/C12H20N4O/c1-12(8-13,9-3-4-9)15-11(17)7-16(2)10-5-14-6-10/h9-10,14H,3-7H2,1-2H3,(H,15,17). The van der Waals surface area contributed by atoms with Gasteiger partial charge in [-0.3, -0.25) is 9.69 Å². The maximum atomic E-state index is 11.9. The summed E-state index contributed by atoms with van der Waals surface area (Å²) in [4.78, 5) is 13.9. The van der Waals surface area contributed by atoms with E-state index in [4.69, 9.17) is 5.26 Å². The van der Waals surface area contributed by atoms with E-state index in [1.165, 1.54) is 0 Å². The second-order valence-corrected chi connectivity index (χ2v) is 5.36. The number of hydrogen-bond acceptors (Lipinski definition) is 4. The molecule has 1 unspecified atom stereocenters. The zero-order valence-corrected chi connectivity index (χ0v) is 10.5. The lowest BCUT2D eigenvalue weighted by Gasteiger charge is -2.35. The van der Waals surface area contributed by atoms with Crippen molar-refractivity contribution in [2.75, 3.05) is 26.7 Å². The Morgan fingerprint density at radius 2 is 2.24 bits per heavy atom. The van der Waals surface area contributed by atoms with Gasteiger partial charge in [-0.25, -0.2) is 0 Å². The molecule has 0 aromatic rings. The van der Waals surface area contributed by atoms with Gasteiger partial charge in [0.25, 0.3) is 0 Å². The van der Waals surface area contributed by atoms with E-state index < -0.39 is 5.54 Å². The fourth-order valence-electron chi connectivity index (χ4n) is 2.15. The zero-order valence-electron chi connectivity index (χ0n) is 10.5. The molecule has 1 saturated carbocycles. The molecular formula is C12H20N4O. The van der Waals surface area contributed by atoms with Crippen molar-refractivity contribution in [3.63, 3.8) is 0 Å². The number of carbonyl (C=O) groups is 1. The second-order valence-electron chi connectivity index (χ2n) is 5.36. The Morgan fingerprint density at radius 3 is 2.65 bits per heavy atom. The van der Waals surface area contributed by atoms with Gasteiger partial charge in [0.05, 0.1) is 12.6 Å². The van der Waals surface area contributed by atoms with Crippen molar-refractivity contribution >= 4 is 5.91 Å². The quantitative estimate of drug-likeness (QED) is 0.687. The van der Waals surface area contributed by atoms with Gasteiger partial charge < -0.3 is 10.6 Å². The van der Waals surface area contributed by atoms with E-state index in [1.54, 1.807) is 0 Å². The lowest BCUT2D eigenvalue weighted by molar-refractivity contribution is -0.124. The normalized spacial score (nSPS) is 23.6. The zero-order chi connectivity index (χ0) is 12.5. The summed E-state index contributed by atoms with van der Waals surface area (Å²) in [6.45, 7) is 4.09. The minimum atomic E-state index is -0.671. The Hall–Kier alpha value is -1.12. The van der Waals surface area contributed by atoms with Gasteiger partial charge in [0, 0.05) is 19.1 Å². The third-order valence-electron chi connectivity index (χ3n) is 3.80. The van der Waals surface area contributed by atoms with Crippen molar-refractivity contribution in [3.05, 3.63) is 0 Å². The molecule has 2 N–H and O–H groups in total. The SMILES string of the molecule is CN(CC(=O)NC(C)(C#N)C1CC1)C1CNC1. The van der Waals surface area contributed by atoms with Crippen LogP contribution in [0.15, 0.2) is 0 Å². The van der Waals surface area contributed by atoms with E-state index >= 15 is 0 Å². The van der Waals surface area contributed by atoms with E-state index in [9.17, 15) is 4.79 Å². The second kappa shape index (κ2) is 4.63. The summed E-state index contributed by atoms with van der Waals surface area (Å²) >= 11 is 0. The highest BCUT2D eigenvalue weighted by Gasteiger charge is 2.43. The highest BCUT2D eigenvalue weighted by Crippen LogP contribution is 2.39. The average Bonchev–Trinajstić information content (AvgIpc) is 2.96. The van der Waals surface area contributed by atoms with Crippen molar-refractivity contribution in [2.24, 2.45) is 5.92 Å². The molecule has 1 aliphatic heterocycles. The van der Waals surface area contributed by atoms with Gasteiger partial charge >= 0.3 is 0 Å². The Bertz CT molecular complexity index is 343.